The standard InChI is InChI=1S/C11H14BrNO3/c1-7(14)4-5-13-11(16)8-2-3-9(12)10(15)6-8/h2-3,6-7,14-15H,4-5H2,1H3,(H,13,16). The average Bonchev–Trinajstić information content (AvgIpc) is 2.21. The van der Waals surface area contributed by atoms with E-state index >= 15 is 0 Å². The summed E-state index contributed by atoms with van der Waals surface area (Å²) in [7, 11) is 0. The van der Waals surface area contributed by atoms with Crippen molar-refractivity contribution in [3.8, 4) is 5.75 Å². The Morgan fingerprint density at radius 1 is 1.56 bits per heavy atom. The van der Waals surface area contributed by atoms with E-state index in [1.807, 2.05) is 0 Å². The van der Waals surface area contributed by atoms with Crippen LogP contribution in [0.1, 0.15) is 23.7 Å². The summed E-state index contributed by atoms with van der Waals surface area (Å²) in [5, 5.41) is 21.1. The van der Waals surface area contributed by atoms with Gasteiger partial charge in [-0.1, -0.05) is 0 Å². The van der Waals surface area contributed by atoms with Crippen molar-refractivity contribution in [2.24, 2.45) is 0 Å². The number of carbonyl (C=O) groups excluding carboxylic acids is 1. The summed E-state index contributed by atoms with van der Waals surface area (Å²) in [5.74, 6) is -0.230. The lowest BCUT2D eigenvalue weighted by atomic mass is 10.2. The smallest absolute Gasteiger partial charge is 0.251 e. The van der Waals surface area contributed by atoms with E-state index in [1.165, 1.54) is 6.07 Å². The minimum atomic E-state index is -0.432. The zero-order valence-electron chi connectivity index (χ0n) is 8.90. The van der Waals surface area contributed by atoms with Crippen LogP contribution in [0.2, 0.25) is 0 Å². The molecular weight excluding hydrogens is 274 g/mol. The van der Waals surface area contributed by atoms with Crippen LogP contribution in [0.5, 0.6) is 5.75 Å². The molecule has 1 aromatic carbocycles. The predicted molar refractivity (Wildman–Crippen MR) is 64.4 cm³/mol. The number of halogens is 1. The number of aliphatic hydroxyl groups is 1. The Bertz CT molecular complexity index is 379. The van der Waals surface area contributed by atoms with Gasteiger partial charge in [-0.25, -0.2) is 0 Å². The molecule has 1 rings (SSSR count). The van der Waals surface area contributed by atoms with Crippen molar-refractivity contribution >= 4 is 21.8 Å². The predicted octanol–water partition coefficient (Wildman–Crippen LogP) is 1.66. The molecule has 5 heteroatoms. The third-order valence-corrected chi connectivity index (χ3v) is 2.73. The van der Waals surface area contributed by atoms with Gasteiger partial charge in [0.25, 0.3) is 5.91 Å². The molecule has 88 valence electrons. The first-order chi connectivity index (χ1) is 7.50. The Kier molecular flexibility index (Phi) is 4.76. The molecule has 0 saturated heterocycles. The largest absolute Gasteiger partial charge is 0.507 e. The first-order valence-electron chi connectivity index (χ1n) is 4.95. The zero-order chi connectivity index (χ0) is 12.1. The summed E-state index contributed by atoms with van der Waals surface area (Å²) < 4.78 is 0.549. The number of nitrogens with one attached hydrogen (secondary N) is 1. The van der Waals surface area contributed by atoms with Crippen molar-refractivity contribution < 1.29 is 15.0 Å². The number of phenols is 1. The highest BCUT2D eigenvalue weighted by Gasteiger charge is 2.07. The van der Waals surface area contributed by atoms with Crippen molar-refractivity contribution in [2.75, 3.05) is 6.54 Å². The molecule has 0 fully saturated rings. The minimum absolute atomic E-state index is 0.0307. The van der Waals surface area contributed by atoms with E-state index in [-0.39, 0.29) is 11.7 Å². The van der Waals surface area contributed by atoms with Crippen molar-refractivity contribution in [3.63, 3.8) is 0 Å². The summed E-state index contributed by atoms with van der Waals surface area (Å²) in [6.45, 7) is 2.07. The van der Waals surface area contributed by atoms with Gasteiger partial charge in [-0.15, -0.1) is 0 Å². The van der Waals surface area contributed by atoms with Crippen LogP contribution in [0.3, 0.4) is 0 Å². The number of amides is 1. The van der Waals surface area contributed by atoms with Gasteiger partial charge >= 0.3 is 0 Å². The van der Waals surface area contributed by atoms with Gasteiger partial charge in [-0.2, -0.15) is 0 Å². The second kappa shape index (κ2) is 5.86. The monoisotopic (exact) mass is 287 g/mol. The summed E-state index contributed by atoms with van der Waals surface area (Å²) >= 11 is 3.14. The Labute approximate surface area is 102 Å². The fourth-order valence-electron chi connectivity index (χ4n) is 1.15. The van der Waals surface area contributed by atoms with E-state index in [2.05, 4.69) is 21.2 Å². The Morgan fingerprint density at radius 2 is 2.25 bits per heavy atom. The van der Waals surface area contributed by atoms with Crippen LogP contribution in [-0.4, -0.2) is 28.8 Å². The number of hydrogen-bond acceptors (Lipinski definition) is 3. The topological polar surface area (TPSA) is 69.6 Å². The highest BCUT2D eigenvalue weighted by Crippen LogP contribution is 2.24. The first kappa shape index (κ1) is 13.0. The molecule has 0 heterocycles. The lowest BCUT2D eigenvalue weighted by Gasteiger charge is -2.07. The molecule has 0 aliphatic carbocycles. The van der Waals surface area contributed by atoms with Crippen LogP contribution < -0.4 is 5.32 Å². The van der Waals surface area contributed by atoms with Gasteiger partial charge in [-0.3, -0.25) is 4.79 Å². The van der Waals surface area contributed by atoms with Crippen molar-refractivity contribution in [1.82, 2.24) is 5.32 Å². The van der Waals surface area contributed by atoms with Crippen LogP contribution in [0, 0.1) is 0 Å². The molecule has 0 saturated carbocycles. The molecule has 4 nitrogen and oxygen atoms in total. The lowest BCUT2D eigenvalue weighted by molar-refractivity contribution is 0.0945. The molecule has 0 aliphatic rings. The molecule has 0 aliphatic heterocycles. The van der Waals surface area contributed by atoms with Crippen LogP contribution in [0.4, 0.5) is 0 Å². The van der Waals surface area contributed by atoms with Crippen molar-refractivity contribution in [1.29, 1.82) is 0 Å². The fraction of sp³-hybridized carbons (Fsp3) is 0.364. The third-order valence-electron chi connectivity index (χ3n) is 2.06. The number of benzene rings is 1. The summed E-state index contributed by atoms with van der Waals surface area (Å²) in [6.07, 6.45) is 0.0764. The minimum Gasteiger partial charge on any atom is -0.507 e. The summed E-state index contributed by atoms with van der Waals surface area (Å²) in [6, 6.07) is 4.61. The molecule has 0 radical (unpaired) electrons. The van der Waals surface area contributed by atoms with Gasteiger partial charge in [-0.05, 0) is 47.5 Å². The molecule has 1 atom stereocenters. The molecule has 1 unspecified atom stereocenters. The lowest BCUT2D eigenvalue weighted by Crippen LogP contribution is -2.26. The number of hydrogen-bond donors (Lipinski definition) is 3. The summed E-state index contributed by atoms with van der Waals surface area (Å²) in [5.41, 5.74) is 0.395. The van der Waals surface area contributed by atoms with Gasteiger partial charge in [0.2, 0.25) is 0 Å². The fourth-order valence-corrected chi connectivity index (χ4v) is 1.40. The molecule has 0 spiro atoms. The maximum atomic E-state index is 11.6. The number of carbonyl (C=O) groups is 1. The molecule has 3 N–H and O–H groups in total. The van der Waals surface area contributed by atoms with Crippen molar-refractivity contribution in [3.05, 3.63) is 28.2 Å². The van der Waals surface area contributed by atoms with Gasteiger partial charge < -0.3 is 15.5 Å². The first-order valence-corrected chi connectivity index (χ1v) is 5.75. The quantitative estimate of drug-likeness (QED) is 0.789. The third kappa shape index (κ3) is 3.83. The molecular formula is C11H14BrNO3. The normalized spacial score (nSPS) is 12.2. The number of aromatic hydroxyl groups is 1. The maximum Gasteiger partial charge on any atom is 0.251 e. The molecule has 1 aromatic rings. The van der Waals surface area contributed by atoms with Crippen molar-refractivity contribution in [2.45, 2.75) is 19.4 Å². The highest BCUT2D eigenvalue weighted by atomic mass is 79.9. The zero-order valence-corrected chi connectivity index (χ0v) is 10.5. The van der Waals surface area contributed by atoms with E-state index in [0.29, 0.717) is 23.0 Å². The SMILES string of the molecule is CC(O)CCNC(=O)c1ccc(Br)c(O)c1. The molecule has 0 aromatic heterocycles. The van der Waals surface area contributed by atoms with Crippen LogP contribution >= 0.6 is 15.9 Å². The molecule has 16 heavy (non-hydrogen) atoms. The molecule has 1 amide bonds. The van der Waals surface area contributed by atoms with E-state index in [4.69, 9.17) is 5.11 Å². The number of rotatable bonds is 4. The van der Waals surface area contributed by atoms with Gasteiger partial charge in [0.1, 0.15) is 5.75 Å². The second-order valence-corrected chi connectivity index (χ2v) is 4.41. The Balaban J connectivity index is 2.56. The van der Waals surface area contributed by atoms with Gasteiger partial charge in [0, 0.05) is 12.1 Å². The van der Waals surface area contributed by atoms with Gasteiger partial charge in [0.15, 0.2) is 0 Å². The summed E-state index contributed by atoms with van der Waals surface area (Å²) in [4.78, 5) is 11.6. The van der Waals surface area contributed by atoms with E-state index in [9.17, 15) is 9.90 Å². The van der Waals surface area contributed by atoms with E-state index in [1.54, 1.807) is 19.1 Å². The second-order valence-electron chi connectivity index (χ2n) is 3.56. The maximum absolute atomic E-state index is 11.6. The van der Waals surface area contributed by atoms with Gasteiger partial charge in [0.05, 0.1) is 10.6 Å². The Hall–Kier alpha value is -1.07. The van der Waals surface area contributed by atoms with Crippen LogP contribution in [0.15, 0.2) is 22.7 Å². The number of phenolic OH excluding ortho intramolecular Hbond substituents is 1. The van der Waals surface area contributed by atoms with E-state index < -0.39 is 6.10 Å². The van der Waals surface area contributed by atoms with Crippen LogP contribution in [-0.2, 0) is 0 Å². The highest BCUT2D eigenvalue weighted by molar-refractivity contribution is 9.10. The van der Waals surface area contributed by atoms with Crippen LogP contribution in [0.25, 0.3) is 0 Å². The molecule has 0 bridgehead atoms. The number of aliphatic hydroxyl groups excluding tert-OH is 1. The van der Waals surface area contributed by atoms with E-state index in [0.717, 1.165) is 0 Å². The average molecular weight is 288 g/mol. The Morgan fingerprint density at radius 3 is 2.81 bits per heavy atom.